The molecule has 2 aromatic heterocycles. The summed E-state index contributed by atoms with van der Waals surface area (Å²) < 4.78 is 25.1. The second-order valence-corrected chi connectivity index (χ2v) is 7.31. The molecule has 0 unspecified atom stereocenters. The summed E-state index contributed by atoms with van der Waals surface area (Å²) in [6, 6.07) is 9.63. The van der Waals surface area contributed by atoms with Crippen molar-refractivity contribution < 1.29 is 13.6 Å². The van der Waals surface area contributed by atoms with Gasteiger partial charge in [-0.25, -0.2) is 9.97 Å². The van der Waals surface area contributed by atoms with Crippen molar-refractivity contribution in [2.45, 2.75) is 20.0 Å². The van der Waals surface area contributed by atoms with Gasteiger partial charge in [0.15, 0.2) is 0 Å². The Kier molecular flexibility index (Phi) is 5.09. The highest BCUT2D eigenvalue weighted by Crippen LogP contribution is 2.51. The number of hydrogen-bond donors (Lipinski definition) is 0. The summed E-state index contributed by atoms with van der Waals surface area (Å²) in [5.74, 6) is 0.661. The van der Waals surface area contributed by atoms with Gasteiger partial charge >= 0.3 is 7.60 Å². The van der Waals surface area contributed by atoms with Gasteiger partial charge in [-0.05, 0) is 25.5 Å². The lowest BCUT2D eigenvalue weighted by atomic mass is 10.1. The fourth-order valence-electron chi connectivity index (χ4n) is 2.50. The van der Waals surface area contributed by atoms with Crippen LogP contribution in [0, 0.1) is 0 Å². The van der Waals surface area contributed by atoms with Crippen LogP contribution >= 0.6 is 7.60 Å². The van der Waals surface area contributed by atoms with Gasteiger partial charge in [0.2, 0.25) is 5.78 Å². The molecule has 0 radical (unpaired) electrons. The van der Waals surface area contributed by atoms with Crippen LogP contribution in [0.1, 0.15) is 19.4 Å². The van der Waals surface area contributed by atoms with E-state index in [9.17, 15) is 4.57 Å². The van der Waals surface area contributed by atoms with Gasteiger partial charge in [-0.15, -0.1) is 0 Å². The third-order valence-electron chi connectivity index (χ3n) is 3.51. The first kappa shape index (κ1) is 16.8. The summed E-state index contributed by atoms with van der Waals surface area (Å²) in [4.78, 5) is 8.71. The molecular weight excluding hydrogens is 325 g/mol. The molecule has 0 aliphatic carbocycles. The second-order valence-electron chi connectivity index (χ2n) is 5.25. The van der Waals surface area contributed by atoms with E-state index >= 15 is 0 Å². The van der Waals surface area contributed by atoms with Crippen LogP contribution in [-0.2, 0) is 19.8 Å². The Labute approximate surface area is 141 Å². The molecule has 126 valence electrons. The first-order valence-electron chi connectivity index (χ1n) is 7.90. The molecular formula is C17H20N3O3P. The van der Waals surface area contributed by atoms with E-state index in [1.807, 2.05) is 61.0 Å². The first-order chi connectivity index (χ1) is 11.6. The summed E-state index contributed by atoms with van der Waals surface area (Å²) in [6.07, 6.45) is 5.83. The third kappa shape index (κ3) is 3.73. The minimum absolute atomic E-state index is 0.266. The Bertz CT molecular complexity index is 818. The number of benzene rings is 1. The molecule has 0 saturated carbocycles. The van der Waals surface area contributed by atoms with Crippen molar-refractivity contribution in [3.05, 3.63) is 54.5 Å². The van der Waals surface area contributed by atoms with Crippen LogP contribution < -0.4 is 0 Å². The molecule has 24 heavy (non-hydrogen) atoms. The molecule has 7 heteroatoms. The molecule has 0 amide bonds. The number of nitrogens with zero attached hydrogens (tertiary/aromatic N) is 3. The lowest BCUT2D eigenvalue weighted by Crippen LogP contribution is -1.99. The van der Waals surface area contributed by atoms with Crippen molar-refractivity contribution in [1.82, 2.24) is 14.4 Å². The summed E-state index contributed by atoms with van der Waals surface area (Å²) >= 11 is 0. The fourth-order valence-corrected chi connectivity index (χ4v) is 4.20. The van der Waals surface area contributed by atoms with Crippen LogP contribution in [0.2, 0.25) is 0 Å². The molecule has 0 saturated heterocycles. The van der Waals surface area contributed by atoms with E-state index < -0.39 is 7.60 Å². The maximum Gasteiger partial charge on any atom is 0.335 e. The van der Waals surface area contributed by atoms with E-state index in [0.717, 1.165) is 16.8 Å². The number of rotatable bonds is 7. The van der Waals surface area contributed by atoms with Crippen LogP contribution in [0.25, 0.3) is 17.0 Å². The molecule has 0 aliphatic rings. The molecule has 2 heterocycles. The van der Waals surface area contributed by atoms with Gasteiger partial charge in [-0.1, -0.05) is 24.3 Å². The first-order valence-corrected chi connectivity index (χ1v) is 9.63. The van der Waals surface area contributed by atoms with Gasteiger partial charge < -0.3 is 9.05 Å². The van der Waals surface area contributed by atoms with Crippen LogP contribution in [0.15, 0.2) is 48.9 Å². The highest BCUT2D eigenvalue weighted by Gasteiger charge is 2.23. The Morgan fingerprint density at radius 1 is 1.12 bits per heavy atom. The van der Waals surface area contributed by atoms with Gasteiger partial charge in [-0.2, -0.15) is 0 Å². The largest absolute Gasteiger partial charge is 0.335 e. The topological polar surface area (TPSA) is 65.7 Å². The van der Waals surface area contributed by atoms with Gasteiger partial charge in [0.25, 0.3) is 0 Å². The highest BCUT2D eigenvalue weighted by atomic mass is 31.2. The Balaban J connectivity index is 1.81. The maximum absolute atomic E-state index is 12.6. The summed E-state index contributed by atoms with van der Waals surface area (Å²) in [5, 5.41) is 0. The number of hydrogen-bond acceptors (Lipinski definition) is 5. The van der Waals surface area contributed by atoms with Gasteiger partial charge in [-0.3, -0.25) is 8.97 Å². The summed E-state index contributed by atoms with van der Waals surface area (Å²) in [7, 11) is -3.08. The fraction of sp³-hybridized carbons (Fsp3) is 0.294. The molecule has 0 atom stereocenters. The van der Waals surface area contributed by atoms with Crippen molar-refractivity contribution in [2.75, 3.05) is 13.2 Å². The Morgan fingerprint density at radius 2 is 1.83 bits per heavy atom. The van der Waals surface area contributed by atoms with E-state index in [-0.39, 0.29) is 6.16 Å². The predicted octanol–water partition coefficient (Wildman–Crippen LogP) is 4.16. The molecule has 0 N–H and O–H groups in total. The zero-order valence-corrected chi connectivity index (χ0v) is 14.6. The normalized spacial score (nSPS) is 11.9. The van der Waals surface area contributed by atoms with E-state index in [1.54, 1.807) is 6.20 Å². The molecule has 0 spiro atoms. The van der Waals surface area contributed by atoms with Crippen LogP contribution in [0.4, 0.5) is 0 Å². The van der Waals surface area contributed by atoms with Crippen molar-refractivity contribution in [1.29, 1.82) is 0 Å². The number of imidazole rings is 1. The monoisotopic (exact) mass is 345 g/mol. The average molecular weight is 345 g/mol. The van der Waals surface area contributed by atoms with Crippen LogP contribution in [0.3, 0.4) is 0 Å². The summed E-state index contributed by atoms with van der Waals surface area (Å²) in [6.45, 7) is 4.35. The highest BCUT2D eigenvalue weighted by molar-refractivity contribution is 7.53. The van der Waals surface area contributed by atoms with E-state index in [0.29, 0.717) is 19.0 Å². The van der Waals surface area contributed by atoms with Crippen LogP contribution in [0.5, 0.6) is 0 Å². The van der Waals surface area contributed by atoms with E-state index in [1.165, 1.54) is 0 Å². The molecule has 3 aromatic rings. The zero-order chi connectivity index (χ0) is 17.0. The van der Waals surface area contributed by atoms with Gasteiger partial charge in [0.05, 0.1) is 25.1 Å². The smallest absolute Gasteiger partial charge is 0.309 e. The van der Waals surface area contributed by atoms with E-state index in [2.05, 4.69) is 9.97 Å². The number of aromatic nitrogens is 3. The summed E-state index contributed by atoms with van der Waals surface area (Å²) in [5.41, 5.74) is 2.73. The van der Waals surface area contributed by atoms with Crippen LogP contribution in [-0.4, -0.2) is 27.6 Å². The minimum Gasteiger partial charge on any atom is -0.309 e. The molecule has 0 bridgehead atoms. The zero-order valence-electron chi connectivity index (χ0n) is 13.8. The van der Waals surface area contributed by atoms with Crippen molar-refractivity contribution in [2.24, 2.45) is 0 Å². The lowest BCUT2D eigenvalue weighted by Gasteiger charge is -2.17. The standard InChI is InChI=1S/C17H20N3O3P/c1-3-22-24(21,23-4-2)13-14-6-8-15(9-7-14)16-12-20-11-5-10-18-17(20)19-16/h5-12H,3-4,13H2,1-2H3. The lowest BCUT2D eigenvalue weighted by molar-refractivity contribution is 0.219. The van der Waals surface area contributed by atoms with Crippen molar-refractivity contribution in [3.8, 4) is 11.3 Å². The maximum atomic E-state index is 12.6. The molecule has 3 rings (SSSR count). The molecule has 1 aromatic carbocycles. The van der Waals surface area contributed by atoms with Crippen molar-refractivity contribution in [3.63, 3.8) is 0 Å². The minimum atomic E-state index is -3.08. The average Bonchev–Trinajstić information content (AvgIpc) is 3.00. The quantitative estimate of drug-likeness (QED) is 0.602. The SMILES string of the molecule is CCOP(=O)(Cc1ccc(-c2cn3cccnc3n2)cc1)OCC. The molecule has 6 nitrogen and oxygen atoms in total. The van der Waals surface area contributed by atoms with E-state index in [4.69, 9.17) is 9.05 Å². The number of fused-ring (bicyclic) bond motifs is 1. The van der Waals surface area contributed by atoms with Gasteiger partial charge in [0, 0.05) is 24.2 Å². The predicted molar refractivity (Wildman–Crippen MR) is 93.0 cm³/mol. The molecule has 0 fully saturated rings. The van der Waals surface area contributed by atoms with Gasteiger partial charge in [0.1, 0.15) is 0 Å². The second kappa shape index (κ2) is 7.26. The Morgan fingerprint density at radius 3 is 2.46 bits per heavy atom. The van der Waals surface area contributed by atoms with Crippen molar-refractivity contribution >= 4 is 13.4 Å². The Hall–Kier alpha value is -2.01. The molecule has 0 aliphatic heterocycles. The third-order valence-corrected chi connectivity index (χ3v) is 5.57.